The lowest BCUT2D eigenvalue weighted by molar-refractivity contribution is -0.124. The van der Waals surface area contributed by atoms with Crippen molar-refractivity contribution in [2.45, 2.75) is 19.8 Å². The van der Waals surface area contributed by atoms with E-state index in [4.69, 9.17) is 0 Å². The van der Waals surface area contributed by atoms with Gasteiger partial charge in [0.2, 0.25) is 5.91 Å². The molecule has 0 aliphatic rings. The molecule has 3 nitrogen and oxygen atoms in total. The fraction of sp³-hybridized carbons (Fsp3) is 0.154. The minimum absolute atomic E-state index is 0.106. The molecule has 0 spiro atoms. The van der Waals surface area contributed by atoms with Crippen molar-refractivity contribution in [2.75, 3.05) is 5.32 Å². The van der Waals surface area contributed by atoms with E-state index in [0.29, 0.717) is 10.8 Å². The van der Waals surface area contributed by atoms with Crippen molar-refractivity contribution in [1.29, 1.82) is 0 Å². The predicted molar refractivity (Wildman–Crippen MR) is 125 cm³/mol. The normalized spacial score (nSPS) is 11.5. The van der Waals surface area contributed by atoms with Crippen molar-refractivity contribution >= 4 is 22.4 Å². The van der Waals surface area contributed by atoms with Crippen LogP contribution in [0, 0.1) is 11.2 Å². The van der Waals surface area contributed by atoms with Crippen LogP contribution in [0.5, 0.6) is 0 Å². The molecule has 31 heavy (non-hydrogen) atoms. The molecule has 0 aliphatic heterocycles. The van der Waals surface area contributed by atoms with Crippen LogP contribution in [0.3, 0.4) is 0 Å². The van der Waals surface area contributed by atoms with Gasteiger partial charge in [-0.25, -0.2) is 9.37 Å². The average molecular weight is 431 g/mol. The molecule has 156 valence electrons. The van der Waals surface area contributed by atoms with Crippen LogP contribution in [0.15, 0.2) is 90.3 Å². The molecule has 0 radical (unpaired) electrons. The molecule has 0 bridgehead atoms. The van der Waals surface area contributed by atoms with Gasteiger partial charge >= 0.3 is 0 Å². The molecule has 5 heteroatoms. The van der Waals surface area contributed by atoms with Gasteiger partial charge in [0.15, 0.2) is 5.13 Å². The summed E-state index contributed by atoms with van der Waals surface area (Å²) >= 11 is 1.36. The van der Waals surface area contributed by atoms with Crippen LogP contribution in [0.1, 0.15) is 30.9 Å². The van der Waals surface area contributed by atoms with Gasteiger partial charge < -0.3 is 5.32 Å². The van der Waals surface area contributed by atoms with Crippen molar-refractivity contribution in [1.82, 2.24) is 4.98 Å². The minimum atomic E-state index is -0.732. The number of nitrogens with zero attached hydrogens (tertiary/aromatic N) is 1. The van der Waals surface area contributed by atoms with Crippen molar-refractivity contribution < 1.29 is 9.18 Å². The van der Waals surface area contributed by atoms with E-state index in [1.165, 1.54) is 23.5 Å². The Kier molecular flexibility index (Phi) is 5.96. The van der Waals surface area contributed by atoms with Crippen LogP contribution in [0.25, 0.3) is 11.3 Å². The summed E-state index contributed by atoms with van der Waals surface area (Å²) in [4.78, 5) is 18.0. The van der Waals surface area contributed by atoms with E-state index in [1.54, 1.807) is 12.1 Å². The first-order chi connectivity index (χ1) is 14.9. The standard InChI is InChI=1S/C26H23FN2OS/c1-26(2,23(19-9-5-3-6-10-19)20-11-7-4-8-12-20)24(30)29-25-28-22(17-31-25)18-13-15-21(27)16-14-18/h3-17,23H,1-2H3,(H,28,29,30). The maximum atomic E-state index is 13.4. The first-order valence-corrected chi connectivity index (χ1v) is 11.0. The number of thiazole rings is 1. The van der Waals surface area contributed by atoms with Gasteiger partial charge in [0.25, 0.3) is 0 Å². The first-order valence-electron chi connectivity index (χ1n) is 10.1. The van der Waals surface area contributed by atoms with Gasteiger partial charge in [-0.3, -0.25) is 4.79 Å². The van der Waals surface area contributed by atoms with Crippen molar-refractivity contribution in [3.8, 4) is 11.3 Å². The Morgan fingerprint density at radius 2 is 1.45 bits per heavy atom. The molecular weight excluding hydrogens is 407 g/mol. The largest absolute Gasteiger partial charge is 0.301 e. The Balaban J connectivity index is 1.61. The molecule has 0 fully saturated rings. The lowest BCUT2D eigenvalue weighted by Gasteiger charge is -2.33. The average Bonchev–Trinajstić information content (AvgIpc) is 3.24. The van der Waals surface area contributed by atoms with E-state index in [1.807, 2.05) is 55.6 Å². The highest BCUT2D eigenvalue weighted by molar-refractivity contribution is 7.14. The molecule has 1 aromatic heterocycles. The number of benzene rings is 3. The van der Waals surface area contributed by atoms with Crippen LogP contribution in [0.4, 0.5) is 9.52 Å². The summed E-state index contributed by atoms with van der Waals surface area (Å²) in [5, 5.41) is 5.39. The third-order valence-electron chi connectivity index (χ3n) is 5.44. The second-order valence-corrected chi connectivity index (χ2v) is 8.83. The zero-order valence-corrected chi connectivity index (χ0v) is 18.2. The molecule has 0 saturated carbocycles. The van der Waals surface area contributed by atoms with Crippen molar-refractivity contribution in [2.24, 2.45) is 5.41 Å². The summed E-state index contributed by atoms with van der Waals surface area (Å²) in [6.45, 7) is 3.92. The monoisotopic (exact) mass is 430 g/mol. The molecule has 4 aromatic rings. The van der Waals surface area contributed by atoms with Crippen LogP contribution in [0.2, 0.25) is 0 Å². The van der Waals surface area contributed by atoms with E-state index in [-0.39, 0.29) is 17.6 Å². The van der Waals surface area contributed by atoms with Crippen LogP contribution in [-0.4, -0.2) is 10.9 Å². The molecule has 0 atom stereocenters. The summed E-state index contributed by atoms with van der Waals surface area (Å²) in [6.07, 6.45) is 0. The van der Waals surface area contributed by atoms with Gasteiger partial charge in [-0.05, 0) is 35.4 Å². The Bertz CT molecular complexity index is 1120. The summed E-state index contributed by atoms with van der Waals surface area (Å²) in [6, 6.07) is 26.3. The van der Waals surface area contributed by atoms with Gasteiger partial charge in [0.05, 0.1) is 11.1 Å². The van der Waals surface area contributed by atoms with Gasteiger partial charge in [0.1, 0.15) is 5.82 Å². The zero-order valence-electron chi connectivity index (χ0n) is 17.4. The molecule has 4 rings (SSSR count). The Labute approximate surface area is 185 Å². The number of nitrogens with one attached hydrogen (secondary N) is 1. The Morgan fingerprint density at radius 3 is 2.00 bits per heavy atom. The highest BCUT2D eigenvalue weighted by Crippen LogP contribution is 2.42. The topological polar surface area (TPSA) is 42.0 Å². The second kappa shape index (κ2) is 8.82. The van der Waals surface area contributed by atoms with Gasteiger partial charge in [0, 0.05) is 16.9 Å². The summed E-state index contributed by atoms with van der Waals surface area (Å²) in [5.74, 6) is -0.515. The fourth-order valence-electron chi connectivity index (χ4n) is 3.79. The van der Waals surface area contributed by atoms with E-state index in [0.717, 1.165) is 16.7 Å². The van der Waals surface area contributed by atoms with Gasteiger partial charge in [-0.15, -0.1) is 11.3 Å². The Morgan fingerprint density at radius 1 is 0.903 bits per heavy atom. The van der Waals surface area contributed by atoms with Crippen LogP contribution < -0.4 is 5.32 Å². The number of carbonyl (C=O) groups is 1. The van der Waals surface area contributed by atoms with Crippen molar-refractivity contribution in [3.05, 3.63) is 107 Å². The molecule has 3 aromatic carbocycles. The van der Waals surface area contributed by atoms with E-state index in [2.05, 4.69) is 34.6 Å². The number of aromatic nitrogens is 1. The zero-order chi connectivity index (χ0) is 21.8. The Hall–Kier alpha value is -3.31. The number of hydrogen-bond donors (Lipinski definition) is 1. The number of anilines is 1. The van der Waals surface area contributed by atoms with Crippen molar-refractivity contribution in [3.63, 3.8) is 0 Å². The number of halogens is 1. The van der Waals surface area contributed by atoms with Gasteiger partial charge in [-0.1, -0.05) is 74.5 Å². The van der Waals surface area contributed by atoms with E-state index < -0.39 is 5.41 Å². The SMILES string of the molecule is CC(C)(C(=O)Nc1nc(-c2ccc(F)cc2)cs1)C(c1ccccc1)c1ccccc1. The number of rotatable bonds is 6. The molecule has 0 unspecified atom stereocenters. The smallest absolute Gasteiger partial charge is 0.232 e. The highest BCUT2D eigenvalue weighted by atomic mass is 32.1. The second-order valence-electron chi connectivity index (χ2n) is 7.97. The van der Waals surface area contributed by atoms with Crippen LogP contribution >= 0.6 is 11.3 Å². The molecule has 1 heterocycles. The third kappa shape index (κ3) is 4.57. The molecule has 0 aliphatic carbocycles. The third-order valence-corrected chi connectivity index (χ3v) is 6.20. The van der Waals surface area contributed by atoms with Crippen LogP contribution in [-0.2, 0) is 4.79 Å². The molecular formula is C26H23FN2OS. The quantitative estimate of drug-likeness (QED) is 0.368. The lowest BCUT2D eigenvalue weighted by Crippen LogP contribution is -2.37. The number of carbonyl (C=O) groups excluding carboxylic acids is 1. The molecule has 0 saturated heterocycles. The number of amides is 1. The summed E-state index contributed by atoms with van der Waals surface area (Å²) in [5.41, 5.74) is 2.95. The molecule has 1 N–H and O–H groups in total. The maximum absolute atomic E-state index is 13.4. The van der Waals surface area contributed by atoms with E-state index in [9.17, 15) is 9.18 Å². The molecule has 1 amide bonds. The lowest BCUT2D eigenvalue weighted by atomic mass is 9.70. The minimum Gasteiger partial charge on any atom is -0.301 e. The summed E-state index contributed by atoms with van der Waals surface area (Å²) < 4.78 is 13.2. The predicted octanol–water partition coefficient (Wildman–Crippen LogP) is 6.75. The highest BCUT2D eigenvalue weighted by Gasteiger charge is 2.39. The van der Waals surface area contributed by atoms with Gasteiger partial charge in [-0.2, -0.15) is 0 Å². The summed E-state index contributed by atoms with van der Waals surface area (Å²) in [7, 11) is 0. The first kappa shape index (κ1) is 20.9. The number of hydrogen-bond acceptors (Lipinski definition) is 3. The van der Waals surface area contributed by atoms with E-state index >= 15 is 0 Å². The maximum Gasteiger partial charge on any atom is 0.232 e. The fourth-order valence-corrected chi connectivity index (χ4v) is 4.51.